The summed E-state index contributed by atoms with van der Waals surface area (Å²) in [6, 6.07) is 7.22. The fourth-order valence-corrected chi connectivity index (χ4v) is 4.45. The molecular formula is C20H30S. The molecule has 1 saturated heterocycles. The van der Waals surface area contributed by atoms with Gasteiger partial charge in [0.05, 0.1) is 0 Å². The Balaban J connectivity index is 2.10. The molecule has 0 spiro atoms. The van der Waals surface area contributed by atoms with Gasteiger partial charge in [0.15, 0.2) is 0 Å². The van der Waals surface area contributed by atoms with Crippen molar-refractivity contribution in [3.63, 3.8) is 0 Å². The number of rotatable bonds is 7. The van der Waals surface area contributed by atoms with Crippen LogP contribution in [0, 0.1) is 0 Å². The number of allylic oxidation sites excluding steroid dienone is 1. The fraction of sp³-hybridized carbons (Fsp3) is 0.600. The number of unbranched alkanes of at least 4 members (excludes halogenated alkanes) is 3. The van der Waals surface area contributed by atoms with Crippen LogP contribution in [-0.2, 0) is 12.8 Å². The van der Waals surface area contributed by atoms with Crippen molar-refractivity contribution < 1.29 is 0 Å². The van der Waals surface area contributed by atoms with Crippen LogP contribution in [0.15, 0.2) is 30.4 Å². The molecule has 2 rings (SSSR count). The first-order valence-electron chi connectivity index (χ1n) is 8.63. The maximum Gasteiger partial charge on any atom is 0.0137 e. The SMILES string of the molecule is C=C1CCSCC1c1ccc(CC)c(CCCCCC)c1. The zero-order chi connectivity index (χ0) is 15.1. The molecule has 0 aromatic heterocycles. The van der Waals surface area contributed by atoms with Gasteiger partial charge >= 0.3 is 0 Å². The molecule has 0 N–H and O–H groups in total. The topological polar surface area (TPSA) is 0 Å². The van der Waals surface area contributed by atoms with Crippen LogP contribution in [0.25, 0.3) is 0 Å². The smallest absolute Gasteiger partial charge is 0.0137 e. The van der Waals surface area contributed by atoms with E-state index in [2.05, 4.69) is 50.4 Å². The lowest BCUT2D eigenvalue weighted by atomic mass is 9.88. The average Bonchev–Trinajstić information content (AvgIpc) is 2.52. The number of aryl methyl sites for hydroxylation is 2. The lowest BCUT2D eigenvalue weighted by molar-refractivity contribution is 0.664. The van der Waals surface area contributed by atoms with Gasteiger partial charge in [-0.2, -0.15) is 11.8 Å². The molecule has 21 heavy (non-hydrogen) atoms. The van der Waals surface area contributed by atoms with Gasteiger partial charge < -0.3 is 0 Å². The average molecular weight is 303 g/mol. The third-order valence-corrected chi connectivity index (χ3v) is 5.72. The van der Waals surface area contributed by atoms with Crippen molar-refractivity contribution in [1.82, 2.24) is 0 Å². The van der Waals surface area contributed by atoms with Crippen molar-refractivity contribution in [2.24, 2.45) is 0 Å². The van der Waals surface area contributed by atoms with Gasteiger partial charge in [-0.05, 0) is 48.1 Å². The van der Waals surface area contributed by atoms with E-state index in [0.717, 1.165) is 6.42 Å². The van der Waals surface area contributed by atoms with E-state index in [1.54, 1.807) is 11.1 Å². The minimum Gasteiger partial charge on any atom is -0.161 e. The van der Waals surface area contributed by atoms with Crippen LogP contribution in [0.3, 0.4) is 0 Å². The summed E-state index contributed by atoms with van der Waals surface area (Å²) in [6.45, 7) is 8.88. The first-order chi connectivity index (χ1) is 10.3. The summed E-state index contributed by atoms with van der Waals surface area (Å²) in [4.78, 5) is 0. The summed E-state index contributed by atoms with van der Waals surface area (Å²) in [6.07, 6.45) is 9.00. The number of hydrogen-bond donors (Lipinski definition) is 0. The van der Waals surface area contributed by atoms with E-state index in [0.29, 0.717) is 5.92 Å². The molecule has 0 nitrogen and oxygen atoms in total. The summed E-state index contributed by atoms with van der Waals surface area (Å²) in [5.41, 5.74) is 6.09. The highest BCUT2D eigenvalue weighted by molar-refractivity contribution is 7.99. The highest BCUT2D eigenvalue weighted by atomic mass is 32.2. The lowest BCUT2D eigenvalue weighted by Crippen LogP contribution is -2.12. The van der Waals surface area contributed by atoms with E-state index < -0.39 is 0 Å². The van der Waals surface area contributed by atoms with Crippen LogP contribution in [0.5, 0.6) is 0 Å². The zero-order valence-electron chi connectivity index (χ0n) is 13.8. The molecule has 1 atom stereocenters. The molecule has 1 unspecified atom stereocenters. The molecule has 1 heteroatoms. The maximum absolute atomic E-state index is 4.32. The predicted molar refractivity (Wildman–Crippen MR) is 97.5 cm³/mol. The third-order valence-electron chi connectivity index (χ3n) is 4.66. The molecule has 0 saturated carbocycles. The zero-order valence-corrected chi connectivity index (χ0v) is 14.6. The van der Waals surface area contributed by atoms with Crippen LogP contribution < -0.4 is 0 Å². The van der Waals surface area contributed by atoms with Gasteiger partial charge in [0.2, 0.25) is 0 Å². The number of benzene rings is 1. The van der Waals surface area contributed by atoms with Crippen molar-refractivity contribution in [2.45, 2.75) is 64.7 Å². The molecule has 1 aromatic rings. The van der Waals surface area contributed by atoms with Gasteiger partial charge in [0, 0.05) is 11.7 Å². The van der Waals surface area contributed by atoms with E-state index in [1.807, 2.05) is 0 Å². The van der Waals surface area contributed by atoms with Crippen LogP contribution in [0.2, 0.25) is 0 Å². The molecule has 1 aliphatic heterocycles. The van der Waals surface area contributed by atoms with Gasteiger partial charge in [-0.15, -0.1) is 0 Å². The van der Waals surface area contributed by atoms with Gasteiger partial charge in [-0.1, -0.05) is 63.5 Å². The Bertz CT molecular complexity index is 461. The van der Waals surface area contributed by atoms with Crippen molar-refractivity contribution in [3.05, 3.63) is 47.0 Å². The Morgan fingerprint density at radius 1 is 1.14 bits per heavy atom. The van der Waals surface area contributed by atoms with E-state index in [1.165, 1.54) is 61.2 Å². The molecule has 0 radical (unpaired) electrons. The van der Waals surface area contributed by atoms with Crippen LogP contribution in [0.1, 0.15) is 68.6 Å². The quantitative estimate of drug-likeness (QED) is 0.430. The third kappa shape index (κ3) is 4.64. The Kier molecular flexibility index (Phi) is 6.89. The van der Waals surface area contributed by atoms with Gasteiger partial charge in [0.25, 0.3) is 0 Å². The fourth-order valence-electron chi connectivity index (χ4n) is 3.21. The van der Waals surface area contributed by atoms with Gasteiger partial charge in [0.1, 0.15) is 0 Å². The van der Waals surface area contributed by atoms with Crippen LogP contribution in [0.4, 0.5) is 0 Å². The summed E-state index contributed by atoms with van der Waals surface area (Å²) < 4.78 is 0. The van der Waals surface area contributed by atoms with Gasteiger partial charge in [-0.25, -0.2) is 0 Å². The molecule has 116 valence electrons. The molecule has 0 aliphatic carbocycles. The van der Waals surface area contributed by atoms with Gasteiger partial charge in [-0.3, -0.25) is 0 Å². The van der Waals surface area contributed by atoms with Crippen LogP contribution in [-0.4, -0.2) is 11.5 Å². The van der Waals surface area contributed by atoms with E-state index >= 15 is 0 Å². The summed E-state index contributed by atoms with van der Waals surface area (Å²) >= 11 is 2.08. The largest absolute Gasteiger partial charge is 0.161 e. The second kappa shape index (κ2) is 8.68. The summed E-state index contributed by atoms with van der Waals surface area (Å²) in [7, 11) is 0. The predicted octanol–water partition coefficient (Wildman–Crippen LogP) is 6.15. The first kappa shape index (κ1) is 16.7. The summed E-state index contributed by atoms with van der Waals surface area (Å²) in [5, 5.41) is 0. The molecule has 1 fully saturated rings. The maximum atomic E-state index is 4.32. The minimum absolute atomic E-state index is 0.587. The van der Waals surface area contributed by atoms with Crippen molar-refractivity contribution in [2.75, 3.05) is 11.5 Å². The molecule has 1 aliphatic rings. The normalized spacial score (nSPS) is 19.0. The Morgan fingerprint density at radius 2 is 2.00 bits per heavy atom. The first-order valence-corrected chi connectivity index (χ1v) is 9.78. The number of thioether (sulfide) groups is 1. The standard InChI is InChI=1S/C20H30S/c1-4-6-7-8-9-18-14-19(11-10-17(18)5-2)20-15-21-13-12-16(20)3/h10-11,14,20H,3-9,12-13,15H2,1-2H3. The Hall–Kier alpha value is -0.690. The Labute approximate surface area is 135 Å². The molecule has 1 heterocycles. The molecule has 0 bridgehead atoms. The molecule has 1 aromatic carbocycles. The number of hydrogen-bond acceptors (Lipinski definition) is 1. The van der Waals surface area contributed by atoms with Crippen LogP contribution >= 0.6 is 11.8 Å². The highest BCUT2D eigenvalue weighted by Gasteiger charge is 2.20. The lowest BCUT2D eigenvalue weighted by Gasteiger charge is -2.25. The van der Waals surface area contributed by atoms with E-state index in [-0.39, 0.29) is 0 Å². The summed E-state index contributed by atoms with van der Waals surface area (Å²) in [5.74, 6) is 3.07. The minimum atomic E-state index is 0.587. The monoisotopic (exact) mass is 302 g/mol. The van der Waals surface area contributed by atoms with Crippen molar-refractivity contribution in [1.29, 1.82) is 0 Å². The Morgan fingerprint density at radius 3 is 2.71 bits per heavy atom. The second-order valence-corrected chi connectivity index (χ2v) is 7.38. The second-order valence-electron chi connectivity index (χ2n) is 6.23. The van der Waals surface area contributed by atoms with E-state index in [4.69, 9.17) is 0 Å². The van der Waals surface area contributed by atoms with Crippen molar-refractivity contribution in [3.8, 4) is 0 Å². The van der Waals surface area contributed by atoms with Crippen molar-refractivity contribution >= 4 is 11.8 Å². The molecule has 0 amide bonds. The molecular weight excluding hydrogens is 272 g/mol. The van der Waals surface area contributed by atoms with E-state index in [9.17, 15) is 0 Å². The highest BCUT2D eigenvalue weighted by Crippen LogP contribution is 2.35.